The summed E-state index contributed by atoms with van der Waals surface area (Å²) < 4.78 is 16.0. The Hall–Kier alpha value is -3.26. The molecule has 1 saturated heterocycles. The molecule has 0 unspecified atom stereocenters. The van der Waals surface area contributed by atoms with Crippen molar-refractivity contribution in [3.63, 3.8) is 0 Å². The third-order valence-corrected chi connectivity index (χ3v) is 5.55. The van der Waals surface area contributed by atoms with Gasteiger partial charge in [-0.05, 0) is 56.3 Å². The van der Waals surface area contributed by atoms with Crippen molar-refractivity contribution in [3.05, 3.63) is 70.5 Å². The van der Waals surface area contributed by atoms with E-state index in [-0.39, 0.29) is 17.5 Å². The van der Waals surface area contributed by atoms with Gasteiger partial charge in [0.2, 0.25) is 5.82 Å². The summed E-state index contributed by atoms with van der Waals surface area (Å²) in [7, 11) is 0. The summed E-state index contributed by atoms with van der Waals surface area (Å²) >= 11 is 5.93. The van der Waals surface area contributed by atoms with E-state index in [9.17, 15) is 14.0 Å². The summed E-state index contributed by atoms with van der Waals surface area (Å²) in [6, 6.07) is 11.6. The van der Waals surface area contributed by atoms with Gasteiger partial charge in [0.25, 0.3) is 5.91 Å². The van der Waals surface area contributed by atoms with Gasteiger partial charge in [0.1, 0.15) is 11.6 Å². The van der Waals surface area contributed by atoms with Crippen molar-refractivity contribution in [1.82, 2.24) is 19.7 Å². The molecule has 0 atom stereocenters. The molecule has 1 aliphatic rings. The number of carbonyl (C=O) groups excluding carboxylic acids is 2. The highest BCUT2D eigenvalue weighted by Crippen LogP contribution is 2.23. The molecule has 0 saturated carbocycles. The van der Waals surface area contributed by atoms with E-state index in [0.717, 1.165) is 5.69 Å². The Morgan fingerprint density at radius 2 is 1.71 bits per heavy atom. The smallest absolute Gasteiger partial charge is 0.293 e. The third kappa shape index (κ3) is 4.29. The summed E-state index contributed by atoms with van der Waals surface area (Å²) in [5, 5.41) is 4.98. The van der Waals surface area contributed by atoms with Crippen molar-refractivity contribution in [3.8, 4) is 5.69 Å². The number of Topliss-reactive ketones (excluding diaryl/α,β-unsaturated/α-hetero) is 1. The van der Waals surface area contributed by atoms with E-state index in [2.05, 4.69) is 10.1 Å². The van der Waals surface area contributed by atoms with Gasteiger partial charge >= 0.3 is 0 Å². The molecule has 7 nitrogen and oxygen atoms in total. The molecule has 1 aliphatic heterocycles. The van der Waals surface area contributed by atoms with Gasteiger partial charge < -0.3 is 9.80 Å². The number of rotatable bonds is 4. The number of halogens is 2. The average molecular weight is 442 g/mol. The minimum atomic E-state index is -0.438. The van der Waals surface area contributed by atoms with E-state index in [0.29, 0.717) is 48.3 Å². The van der Waals surface area contributed by atoms with Crippen molar-refractivity contribution in [2.75, 3.05) is 31.1 Å². The second-order valence-electron chi connectivity index (χ2n) is 7.37. The Bertz CT molecular complexity index is 1140. The molecule has 0 spiro atoms. The second kappa shape index (κ2) is 8.47. The summed E-state index contributed by atoms with van der Waals surface area (Å²) in [6.07, 6.45) is 0. The zero-order valence-corrected chi connectivity index (χ0v) is 17.9. The number of carbonyl (C=O) groups is 2. The van der Waals surface area contributed by atoms with Gasteiger partial charge in [-0.15, -0.1) is 5.10 Å². The zero-order valence-electron chi connectivity index (χ0n) is 17.2. The number of ketones is 1. The maximum atomic E-state index is 14.4. The van der Waals surface area contributed by atoms with Crippen LogP contribution in [0.15, 0.2) is 42.5 Å². The van der Waals surface area contributed by atoms with Crippen molar-refractivity contribution in [1.29, 1.82) is 0 Å². The van der Waals surface area contributed by atoms with Crippen LogP contribution in [0.5, 0.6) is 0 Å². The van der Waals surface area contributed by atoms with Crippen LogP contribution in [0.4, 0.5) is 10.1 Å². The molecule has 3 aromatic rings. The molecule has 1 aromatic heterocycles. The molecule has 160 valence electrons. The van der Waals surface area contributed by atoms with Gasteiger partial charge in [-0.2, -0.15) is 0 Å². The minimum absolute atomic E-state index is 0.123. The molecule has 2 aromatic carbocycles. The molecule has 1 amide bonds. The lowest BCUT2D eigenvalue weighted by molar-refractivity contribution is 0.0734. The summed E-state index contributed by atoms with van der Waals surface area (Å²) in [4.78, 5) is 32.2. The minimum Gasteiger partial charge on any atom is -0.366 e. The highest BCUT2D eigenvalue weighted by molar-refractivity contribution is 6.30. The van der Waals surface area contributed by atoms with Crippen molar-refractivity contribution in [2.45, 2.75) is 13.8 Å². The van der Waals surface area contributed by atoms with E-state index in [1.165, 1.54) is 13.0 Å². The first-order chi connectivity index (χ1) is 14.8. The van der Waals surface area contributed by atoms with E-state index in [4.69, 9.17) is 11.6 Å². The number of piperazine rings is 1. The number of aryl methyl sites for hydroxylation is 1. The average Bonchev–Trinajstić information content (AvgIpc) is 3.15. The fourth-order valence-corrected chi connectivity index (χ4v) is 3.71. The third-order valence-electron chi connectivity index (χ3n) is 5.29. The lowest BCUT2D eigenvalue weighted by atomic mass is 10.1. The highest BCUT2D eigenvalue weighted by Gasteiger charge is 2.27. The fourth-order valence-electron chi connectivity index (χ4n) is 3.58. The summed E-state index contributed by atoms with van der Waals surface area (Å²) in [6.45, 7) is 4.97. The van der Waals surface area contributed by atoms with Gasteiger partial charge in [0.05, 0.1) is 11.4 Å². The second-order valence-corrected chi connectivity index (χ2v) is 7.81. The maximum absolute atomic E-state index is 14.4. The first kappa shape index (κ1) is 21.0. The Kier molecular flexibility index (Phi) is 5.73. The Labute approximate surface area is 184 Å². The van der Waals surface area contributed by atoms with E-state index < -0.39 is 5.82 Å². The monoisotopic (exact) mass is 441 g/mol. The predicted molar refractivity (Wildman–Crippen MR) is 116 cm³/mol. The van der Waals surface area contributed by atoms with E-state index >= 15 is 0 Å². The van der Waals surface area contributed by atoms with Crippen LogP contribution >= 0.6 is 11.6 Å². The largest absolute Gasteiger partial charge is 0.366 e. The Balaban J connectivity index is 1.45. The van der Waals surface area contributed by atoms with Crippen LogP contribution in [0.3, 0.4) is 0 Å². The topological polar surface area (TPSA) is 71.3 Å². The molecule has 0 bridgehead atoms. The quantitative estimate of drug-likeness (QED) is 0.579. The zero-order chi connectivity index (χ0) is 22.1. The van der Waals surface area contributed by atoms with Gasteiger partial charge in [-0.1, -0.05) is 11.6 Å². The lowest BCUT2D eigenvalue weighted by Gasteiger charge is -2.35. The van der Waals surface area contributed by atoms with Crippen LogP contribution in [0.25, 0.3) is 5.69 Å². The summed E-state index contributed by atoms with van der Waals surface area (Å²) in [5.74, 6) is -0.161. The van der Waals surface area contributed by atoms with Crippen molar-refractivity contribution >= 4 is 29.0 Å². The molecular formula is C22H21ClFN5O2. The Morgan fingerprint density at radius 3 is 2.32 bits per heavy atom. The molecule has 0 radical (unpaired) electrons. The van der Waals surface area contributed by atoms with E-state index in [1.807, 2.05) is 17.0 Å². The van der Waals surface area contributed by atoms with Crippen LogP contribution in [0, 0.1) is 12.7 Å². The van der Waals surface area contributed by atoms with Gasteiger partial charge in [-0.3, -0.25) is 9.59 Å². The van der Waals surface area contributed by atoms with Crippen LogP contribution in [0.1, 0.15) is 33.7 Å². The first-order valence-corrected chi connectivity index (χ1v) is 10.3. The molecule has 0 aliphatic carbocycles. The molecule has 31 heavy (non-hydrogen) atoms. The molecular weight excluding hydrogens is 421 g/mol. The van der Waals surface area contributed by atoms with E-state index in [1.54, 1.807) is 40.8 Å². The number of hydrogen-bond acceptors (Lipinski definition) is 5. The predicted octanol–water partition coefficient (Wildman–Crippen LogP) is 3.53. The summed E-state index contributed by atoms with van der Waals surface area (Å²) in [5.41, 5.74) is 1.54. The number of nitrogens with zero attached hydrogens (tertiary/aromatic N) is 5. The number of aromatic nitrogens is 3. The van der Waals surface area contributed by atoms with Gasteiger partial charge in [-0.25, -0.2) is 14.1 Å². The number of anilines is 1. The number of amides is 1. The van der Waals surface area contributed by atoms with Crippen LogP contribution in [0.2, 0.25) is 5.02 Å². The van der Waals surface area contributed by atoms with Crippen molar-refractivity contribution < 1.29 is 14.0 Å². The SMILES string of the molecule is CC(=O)c1ccc(N2CCN(C(=O)c3nc(C)n(-c4ccc(Cl)cc4)n3)CC2)c(F)c1. The van der Waals surface area contributed by atoms with Crippen LogP contribution < -0.4 is 4.90 Å². The van der Waals surface area contributed by atoms with Gasteiger partial charge in [0, 0.05) is 36.8 Å². The Morgan fingerprint density at radius 1 is 1.03 bits per heavy atom. The molecule has 2 heterocycles. The standard InChI is InChI=1S/C22H21ClFN5O2/c1-14(30)16-3-8-20(19(24)13-16)27-9-11-28(12-10-27)22(31)21-25-15(2)29(26-21)18-6-4-17(23)5-7-18/h3-8,13H,9-12H2,1-2H3. The van der Waals surface area contributed by atoms with Gasteiger partial charge in [0.15, 0.2) is 5.78 Å². The molecule has 0 N–H and O–H groups in total. The van der Waals surface area contributed by atoms with Crippen LogP contribution in [-0.2, 0) is 0 Å². The molecule has 4 rings (SSSR count). The fraction of sp³-hybridized carbons (Fsp3) is 0.273. The highest BCUT2D eigenvalue weighted by atomic mass is 35.5. The number of benzene rings is 2. The maximum Gasteiger partial charge on any atom is 0.293 e. The number of hydrogen-bond donors (Lipinski definition) is 0. The van der Waals surface area contributed by atoms with Crippen LogP contribution in [-0.4, -0.2) is 57.5 Å². The van der Waals surface area contributed by atoms with Crippen molar-refractivity contribution in [2.24, 2.45) is 0 Å². The first-order valence-electron chi connectivity index (χ1n) is 9.88. The molecule has 1 fully saturated rings. The molecule has 9 heteroatoms. The normalized spacial score (nSPS) is 14.1. The lowest BCUT2D eigenvalue weighted by Crippen LogP contribution is -2.49.